The number of ether oxygens (including phenoxy) is 1. The zero-order valence-electron chi connectivity index (χ0n) is 12.2. The van der Waals surface area contributed by atoms with Gasteiger partial charge in [0.05, 0.1) is 13.3 Å². The summed E-state index contributed by atoms with van der Waals surface area (Å²) in [5.41, 5.74) is 0.319. The number of nitrogens with one attached hydrogen (secondary N) is 2. The van der Waals surface area contributed by atoms with Gasteiger partial charge in [-0.2, -0.15) is 0 Å². The molecular formula is C13H32N2O. The van der Waals surface area contributed by atoms with E-state index in [2.05, 4.69) is 24.5 Å². The molecule has 0 bridgehead atoms. The maximum Gasteiger partial charge on any atom is 0.0965 e. The Bertz CT molecular complexity index is 121. The predicted octanol–water partition coefficient (Wildman–Crippen LogP) is 2.62. The van der Waals surface area contributed by atoms with Crippen LogP contribution < -0.4 is 10.6 Å². The summed E-state index contributed by atoms with van der Waals surface area (Å²) in [4.78, 5) is 0. The second kappa shape index (κ2) is 12.9. The summed E-state index contributed by atoms with van der Waals surface area (Å²) in [5, 5.41) is 6.61. The molecule has 0 radical (unpaired) electrons. The lowest BCUT2D eigenvalue weighted by Gasteiger charge is -2.26. The molecule has 1 aliphatic heterocycles. The fourth-order valence-electron chi connectivity index (χ4n) is 1.47. The van der Waals surface area contributed by atoms with E-state index in [0.717, 1.165) is 26.2 Å². The highest BCUT2D eigenvalue weighted by Crippen LogP contribution is 2.21. The molecule has 1 rings (SSSR count). The van der Waals surface area contributed by atoms with Crippen molar-refractivity contribution in [2.75, 3.05) is 33.0 Å². The van der Waals surface area contributed by atoms with E-state index in [1.165, 1.54) is 6.42 Å². The zero-order valence-corrected chi connectivity index (χ0v) is 12.2. The fraction of sp³-hybridized carbons (Fsp3) is 1.00. The van der Waals surface area contributed by atoms with E-state index >= 15 is 0 Å². The van der Waals surface area contributed by atoms with Crippen LogP contribution in [0, 0.1) is 5.41 Å². The maximum atomic E-state index is 5.46. The van der Waals surface area contributed by atoms with Crippen LogP contribution in [0.3, 0.4) is 0 Å². The summed E-state index contributed by atoms with van der Waals surface area (Å²) in [7, 11) is 0. The molecule has 1 saturated heterocycles. The van der Waals surface area contributed by atoms with Crippen molar-refractivity contribution in [3.63, 3.8) is 0 Å². The highest BCUT2D eigenvalue weighted by atomic mass is 16.5. The molecule has 1 atom stereocenters. The van der Waals surface area contributed by atoms with E-state index in [-0.39, 0.29) is 0 Å². The van der Waals surface area contributed by atoms with Crippen LogP contribution in [0.15, 0.2) is 0 Å². The Kier molecular flexibility index (Phi) is 14.8. The van der Waals surface area contributed by atoms with Crippen LogP contribution in [0.5, 0.6) is 0 Å². The van der Waals surface area contributed by atoms with E-state index in [1.54, 1.807) is 0 Å². The van der Waals surface area contributed by atoms with Crippen LogP contribution in [-0.2, 0) is 4.74 Å². The molecule has 100 valence electrons. The van der Waals surface area contributed by atoms with Crippen LogP contribution >= 0.6 is 0 Å². The van der Waals surface area contributed by atoms with Crippen LogP contribution in [0.4, 0.5) is 0 Å². The molecular weight excluding hydrogens is 200 g/mol. The third kappa shape index (κ3) is 9.13. The molecule has 1 fully saturated rings. The normalized spacial score (nSPS) is 24.4. The Labute approximate surface area is 102 Å². The number of hydrogen-bond acceptors (Lipinski definition) is 3. The van der Waals surface area contributed by atoms with Crippen molar-refractivity contribution in [1.82, 2.24) is 10.6 Å². The second-order valence-corrected chi connectivity index (χ2v) is 3.83. The molecule has 0 amide bonds. The first-order valence-electron chi connectivity index (χ1n) is 6.76. The Hall–Kier alpha value is -0.120. The van der Waals surface area contributed by atoms with Gasteiger partial charge >= 0.3 is 0 Å². The molecule has 1 heterocycles. The molecule has 0 aromatic heterocycles. The summed E-state index contributed by atoms with van der Waals surface area (Å²) in [5.74, 6) is 0. The smallest absolute Gasteiger partial charge is 0.0965 e. The average Bonchev–Trinajstić information content (AvgIpc) is 2.57. The van der Waals surface area contributed by atoms with E-state index in [1.807, 2.05) is 27.7 Å². The second-order valence-electron chi connectivity index (χ2n) is 3.83. The number of rotatable bonds is 3. The predicted molar refractivity (Wildman–Crippen MR) is 72.8 cm³/mol. The van der Waals surface area contributed by atoms with Crippen molar-refractivity contribution in [3.8, 4) is 0 Å². The highest BCUT2D eigenvalue weighted by molar-refractivity contribution is 4.78. The van der Waals surface area contributed by atoms with E-state index in [4.69, 9.17) is 4.74 Å². The van der Waals surface area contributed by atoms with E-state index in [9.17, 15) is 0 Å². The first-order valence-corrected chi connectivity index (χ1v) is 6.76. The van der Waals surface area contributed by atoms with Crippen molar-refractivity contribution in [3.05, 3.63) is 0 Å². The monoisotopic (exact) mass is 232 g/mol. The van der Waals surface area contributed by atoms with Gasteiger partial charge in [0.15, 0.2) is 0 Å². The van der Waals surface area contributed by atoms with E-state index in [0.29, 0.717) is 12.1 Å². The molecule has 1 unspecified atom stereocenters. The van der Waals surface area contributed by atoms with Gasteiger partial charge in [0.2, 0.25) is 0 Å². The third-order valence-corrected chi connectivity index (χ3v) is 2.36. The van der Waals surface area contributed by atoms with Crippen LogP contribution in [0.2, 0.25) is 0 Å². The molecule has 0 aromatic carbocycles. The summed E-state index contributed by atoms with van der Waals surface area (Å²) >= 11 is 0. The molecule has 3 nitrogen and oxygen atoms in total. The average molecular weight is 232 g/mol. The lowest BCUT2D eigenvalue weighted by molar-refractivity contribution is 0.0646. The van der Waals surface area contributed by atoms with Crippen LogP contribution in [-0.4, -0.2) is 33.0 Å². The van der Waals surface area contributed by atoms with Gasteiger partial charge in [-0.3, -0.25) is 5.32 Å². The molecule has 16 heavy (non-hydrogen) atoms. The molecule has 0 saturated carbocycles. The molecule has 3 heteroatoms. The molecule has 0 aliphatic carbocycles. The van der Waals surface area contributed by atoms with Crippen molar-refractivity contribution < 1.29 is 4.74 Å². The van der Waals surface area contributed by atoms with Crippen molar-refractivity contribution in [2.45, 2.75) is 48.0 Å². The fourth-order valence-corrected chi connectivity index (χ4v) is 1.47. The van der Waals surface area contributed by atoms with Gasteiger partial charge in [0.25, 0.3) is 0 Å². The maximum absolute atomic E-state index is 5.46. The van der Waals surface area contributed by atoms with Gasteiger partial charge in [-0.25, -0.2) is 0 Å². The Morgan fingerprint density at radius 3 is 2.44 bits per heavy atom. The Morgan fingerprint density at radius 2 is 1.88 bits per heavy atom. The zero-order chi connectivity index (χ0) is 12.9. The van der Waals surface area contributed by atoms with Gasteiger partial charge in [-0.1, -0.05) is 41.5 Å². The highest BCUT2D eigenvalue weighted by Gasteiger charge is 2.25. The lowest BCUT2D eigenvalue weighted by atomic mass is 9.88. The van der Waals surface area contributed by atoms with Gasteiger partial charge in [-0.15, -0.1) is 0 Å². The Morgan fingerprint density at radius 1 is 1.25 bits per heavy atom. The minimum Gasteiger partial charge on any atom is -0.366 e. The first kappa shape index (κ1) is 18.3. The van der Waals surface area contributed by atoms with Gasteiger partial charge < -0.3 is 10.1 Å². The number of hydrogen-bond donors (Lipinski definition) is 2. The first-order chi connectivity index (χ1) is 7.77. The van der Waals surface area contributed by atoms with Gasteiger partial charge in [0.1, 0.15) is 0 Å². The summed E-state index contributed by atoms with van der Waals surface area (Å²) in [6, 6.07) is 0. The molecule has 0 aromatic rings. The summed E-state index contributed by atoms with van der Waals surface area (Å²) < 4.78 is 5.46. The minimum atomic E-state index is 0.319. The van der Waals surface area contributed by atoms with Crippen LogP contribution in [0.1, 0.15) is 48.0 Å². The van der Waals surface area contributed by atoms with E-state index < -0.39 is 0 Å². The molecule has 0 spiro atoms. The largest absolute Gasteiger partial charge is 0.366 e. The topological polar surface area (TPSA) is 33.3 Å². The molecule has 1 aliphatic rings. The summed E-state index contributed by atoms with van der Waals surface area (Å²) in [6.45, 7) is 17.2. The van der Waals surface area contributed by atoms with Crippen molar-refractivity contribution >= 4 is 0 Å². The minimum absolute atomic E-state index is 0.319. The SMILES string of the molecule is CC.CC.CCNCC1(C)CCNCOC1. The standard InChI is InChI=1S/C9H20N2O.2C2H6/c1-3-10-6-9(2)4-5-11-8-12-7-9;2*1-2/h10-11H,3-8H2,1-2H3;2*1-2H3. The third-order valence-electron chi connectivity index (χ3n) is 2.36. The van der Waals surface area contributed by atoms with Crippen LogP contribution in [0.25, 0.3) is 0 Å². The van der Waals surface area contributed by atoms with Gasteiger partial charge in [0, 0.05) is 12.0 Å². The summed E-state index contributed by atoms with van der Waals surface area (Å²) in [6.07, 6.45) is 1.19. The lowest BCUT2D eigenvalue weighted by Crippen LogP contribution is -2.35. The quantitative estimate of drug-likeness (QED) is 0.785. The molecule has 2 N–H and O–H groups in total. The van der Waals surface area contributed by atoms with Crippen molar-refractivity contribution in [1.29, 1.82) is 0 Å². The Balaban J connectivity index is 0. The van der Waals surface area contributed by atoms with Crippen molar-refractivity contribution in [2.24, 2.45) is 5.41 Å². The van der Waals surface area contributed by atoms with Gasteiger partial charge in [-0.05, 0) is 19.5 Å².